The highest BCUT2D eigenvalue weighted by Gasteiger charge is 2.39. The molecule has 2 aromatic carbocycles. The summed E-state index contributed by atoms with van der Waals surface area (Å²) in [6.07, 6.45) is 0.925. The van der Waals surface area contributed by atoms with Crippen LogP contribution in [0.2, 0.25) is 0 Å². The third kappa shape index (κ3) is 5.88. The van der Waals surface area contributed by atoms with E-state index in [0.717, 1.165) is 21.9 Å². The van der Waals surface area contributed by atoms with E-state index >= 15 is 4.39 Å². The van der Waals surface area contributed by atoms with Gasteiger partial charge in [-0.05, 0) is 49.4 Å². The van der Waals surface area contributed by atoms with Crippen LogP contribution < -0.4 is 4.74 Å². The van der Waals surface area contributed by atoms with Gasteiger partial charge in [0.05, 0.1) is 13.1 Å². The first-order valence-electron chi connectivity index (χ1n) is 13.0. The number of methoxy groups -OCH3 is 1. The highest BCUT2D eigenvalue weighted by atomic mass is 32.2. The summed E-state index contributed by atoms with van der Waals surface area (Å²) >= 11 is 0. The fraction of sp³-hybridized carbons (Fsp3) is 0.536. The minimum atomic E-state index is -4.23. The van der Waals surface area contributed by atoms with Crippen molar-refractivity contribution in [2.24, 2.45) is 0 Å². The average Bonchev–Trinajstić information content (AvgIpc) is 3.34. The van der Waals surface area contributed by atoms with Gasteiger partial charge in [0.2, 0.25) is 5.50 Å². The second kappa shape index (κ2) is 12.1. The Morgan fingerprint density at radius 1 is 1.16 bits per heavy atom. The normalized spacial score (nSPS) is 21.6. The van der Waals surface area contributed by atoms with Crippen molar-refractivity contribution in [2.45, 2.75) is 56.9 Å². The van der Waals surface area contributed by atoms with Gasteiger partial charge in [0.25, 0.3) is 15.9 Å². The van der Waals surface area contributed by atoms with Crippen LogP contribution in [-0.4, -0.2) is 82.2 Å². The molecule has 2 aliphatic rings. The van der Waals surface area contributed by atoms with E-state index in [2.05, 4.69) is 0 Å². The molecular formula is C28H37FN2O6S. The van der Waals surface area contributed by atoms with Crippen LogP contribution in [0.1, 0.15) is 52.3 Å². The molecule has 0 radical (unpaired) electrons. The van der Waals surface area contributed by atoms with Gasteiger partial charge < -0.3 is 19.1 Å². The molecule has 0 aromatic heterocycles. The van der Waals surface area contributed by atoms with Gasteiger partial charge in [0.15, 0.2) is 0 Å². The molecule has 2 saturated heterocycles. The monoisotopic (exact) mass is 548 g/mol. The van der Waals surface area contributed by atoms with Gasteiger partial charge in [-0.15, -0.1) is 0 Å². The van der Waals surface area contributed by atoms with Gasteiger partial charge in [0.1, 0.15) is 18.0 Å². The van der Waals surface area contributed by atoms with Crippen molar-refractivity contribution < 1.29 is 31.8 Å². The SMILES string of the molecule is CCc1cccc(C)c1C(=O)N1CC(OC)C(Oc2cccc(C(F)S(=O)(=O)N(C)C3CCOCC3)c2)C1. The molecule has 4 rings (SSSR count). The van der Waals surface area contributed by atoms with Gasteiger partial charge >= 0.3 is 0 Å². The number of carbonyl (C=O) groups excluding carboxylic acids is 1. The van der Waals surface area contributed by atoms with Crippen LogP contribution in [0.3, 0.4) is 0 Å². The Hall–Kier alpha value is -2.53. The first-order chi connectivity index (χ1) is 18.2. The number of carbonyl (C=O) groups is 1. The molecule has 2 aromatic rings. The Kier molecular flexibility index (Phi) is 9.07. The van der Waals surface area contributed by atoms with Crippen LogP contribution in [0.5, 0.6) is 5.75 Å². The van der Waals surface area contributed by atoms with Crippen LogP contribution in [0.4, 0.5) is 4.39 Å². The number of rotatable bonds is 9. The second-order valence-corrected chi connectivity index (χ2v) is 11.9. The molecule has 3 unspecified atom stereocenters. The maximum absolute atomic E-state index is 15.4. The van der Waals surface area contributed by atoms with Crippen molar-refractivity contribution in [2.75, 3.05) is 40.5 Å². The molecule has 2 heterocycles. The molecule has 10 heteroatoms. The number of hydrogen-bond acceptors (Lipinski definition) is 6. The summed E-state index contributed by atoms with van der Waals surface area (Å²) in [4.78, 5) is 15.2. The molecular weight excluding hydrogens is 511 g/mol. The second-order valence-electron chi connectivity index (χ2n) is 9.90. The van der Waals surface area contributed by atoms with Crippen LogP contribution in [0.25, 0.3) is 0 Å². The summed E-state index contributed by atoms with van der Waals surface area (Å²) in [5.41, 5.74) is 0.371. The first-order valence-corrected chi connectivity index (χ1v) is 14.5. The zero-order chi connectivity index (χ0) is 27.4. The van der Waals surface area contributed by atoms with Crippen LogP contribution >= 0.6 is 0 Å². The third-order valence-corrected chi connectivity index (χ3v) is 9.43. The minimum Gasteiger partial charge on any atom is -0.486 e. The van der Waals surface area contributed by atoms with Gasteiger partial charge in [-0.1, -0.05) is 37.3 Å². The number of hydrogen-bond donors (Lipinski definition) is 0. The molecule has 3 atom stereocenters. The number of benzene rings is 2. The molecule has 1 amide bonds. The topological polar surface area (TPSA) is 85.4 Å². The first kappa shape index (κ1) is 28.5. The van der Waals surface area contributed by atoms with E-state index in [-0.39, 0.29) is 23.6 Å². The number of alkyl halides is 1. The summed E-state index contributed by atoms with van der Waals surface area (Å²) < 4.78 is 59.7. The van der Waals surface area contributed by atoms with Gasteiger partial charge in [-0.25, -0.2) is 12.8 Å². The molecule has 38 heavy (non-hydrogen) atoms. The summed E-state index contributed by atoms with van der Waals surface area (Å²) in [6, 6.07) is 11.6. The Labute approximate surface area is 224 Å². The number of nitrogens with zero attached hydrogens (tertiary/aromatic N) is 2. The number of ether oxygens (including phenoxy) is 3. The summed E-state index contributed by atoms with van der Waals surface area (Å²) in [6.45, 7) is 5.50. The van der Waals surface area contributed by atoms with E-state index in [1.165, 1.54) is 19.2 Å². The highest BCUT2D eigenvalue weighted by molar-refractivity contribution is 7.89. The molecule has 0 N–H and O–H groups in total. The summed E-state index contributed by atoms with van der Waals surface area (Å²) in [7, 11) is -1.25. The number of sulfonamides is 1. The number of halogens is 1. The van der Waals surface area contributed by atoms with E-state index in [1.807, 2.05) is 32.0 Å². The largest absolute Gasteiger partial charge is 0.486 e. The van der Waals surface area contributed by atoms with Crippen LogP contribution in [-0.2, 0) is 25.9 Å². The van der Waals surface area contributed by atoms with Crippen molar-refractivity contribution in [3.05, 3.63) is 64.7 Å². The van der Waals surface area contributed by atoms with Crippen molar-refractivity contribution in [3.8, 4) is 5.75 Å². The lowest BCUT2D eigenvalue weighted by atomic mass is 9.99. The lowest BCUT2D eigenvalue weighted by molar-refractivity contribution is 0.0339. The Morgan fingerprint density at radius 3 is 2.53 bits per heavy atom. The van der Waals surface area contributed by atoms with Gasteiger partial charge in [-0.3, -0.25) is 4.79 Å². The fourth-order valence-corrected chi connectivity index (χ4v) is 6.62. The van der Waals surface area contributed by atoms with E-state index in [4.69, 9.17) is 14.2 Å². The molecule has 208 valence electrons. The van der Waals surface area contributed by atoms with E-state index in [9.17, 15) is 13.2 Å². The smallest absolute Gasteiger partial charge is 0.254 e. The Bertz CT molecular complexity index is 1230. The summed E-state index contributed by atoms with van der Waals surface area (Å²) in [5.74, 6) is 0.244. The Balaban J connectivity index is 1.48. The van der Waals surface area contributed by atoms with Gasteiger partial charge in [0, 0.05) is 44.5 Å². The number of likely N-dealkylation sites (tertiary alicyclic amines) is 1. The van der Waals surface area contributed by atoms with Crippen LogP contribution in [0.15, 0.2) is 42.5 Å². The number of amides is 1. The van der Waals surface area contributed by atoms with E-state index in [0.29, 0.717) is 50.5 Å². The molecule has 2 fully saturated rings. The zero-order valence-electron chi connectivity index (χ0n) is 22.4. The van der Waals surface area contributed by atoms with Crippen molar-refractivity contribution in [3.63, 3.8) is 0 Å². The molecule has 0 spiro atoms. The van der Waals surface area contributed by atoms with Crippen molar-refractivity contribution >= 4 is 15.9 Å². The number of aryl methyl sites for hydroxylation is 2. The van der Waals surface area contributed by atoms with Crippen molar-refractivity contribution in [1.82, 2.24) is 9.21 Å². The fourth-order valence-electron chi connectivity index (χ4n) is 5.21. The van der Waals surface area contributed by atoms with Crippen LogP contribution in [0, 0.1) is 6.92 Å². The van der Waals surface area contributed by atoms with Crippen molar-refractivity contribution in [1.29, 1.82) is 0 Å². The molecule has 0 saturated carbocycles. The third-order valence-electron chi connectivity index (χ3n) is 7.53. The predicted octanol–water partition coefficient (Wildman–Crippen LogP) is 3.88. The lowest BCUT2D eigenvalue weighted by Gasteiger charge is -2.31. The van der Waals surface area contributed by atoms with Gasteiger partial charge in [-0.2, -0.15) is 4.31 Å². The maximum Gasteiger partial charge on any atom is 0.254 e. The molecule has 2 aliphatic heterocycles. The molecule has 0 aliphatic carbocycles. The standard InChI is InChI=1S/C28H37FN2O6S/c1-5-20-9-6-8-19(2)26(20)28(32)31-17-24(35-4)25(18-31)37-23-11-7-10-21(16-23)27(29)38(33,34)30(3)22-12-14-36-15-13-22/h6-11,16,22,24-25,27H,5,12-15,17-18H2,1-4H3. The molecule has 8 nitrogen and oxygen atoms in total. The van der Waals surface area contributed by atoms with E-state index in [1.54, 1.807) is 24.1 Å². The minimum absolute atomic E-state index is 0.00574. The highest BCUT2D eigenvalue weighted by Crippen LogP contribution is 2.32. The predicted molar refractivity (Wildman–Crippen MR) is 142 cm³/mol. The average molecular weight is 549 g/mol. The Morgan fingerprint density at radius 2 is 1.84 bits per heavy atom. The zero-order valence-corrected chi connectivity index (χ0v) is 23.2. The quantitative estimate of drug-likeness (QED) is 0.473. The van der Waals surface area contributed by atoms with E-state index < -0.39 is 21.6 Å². The lowest BCUT2D eigenvalue weighted by Crippen LogP contribution is -2.42. The summed E-state index contributed by atoms with van der Waals surface area (Å²) in [5, 5.41) is 0. The maximum atomic E-state index is 15.4. The molecule has 0 bridgehead atoms.